The minimum absolute atomic E-state index is 0. The molecule has 0 aliphatic rings. The van der Waals surface area contributed by atoms with E-state index in [9.17, 15) is 4.39 Å². The van der Waals surface area contributed by atoms with Gasteiger partial charge in [-0.15, -0.1) is 11.4 Å². The largest absolute Gasteiger partial charge is 1.00 e. The smallest absolute Gasteiger partial charge is 0.481 e. The molecule has 1 N–H and O–H groups in total. The summed E-state index contributed by atoms with van der Waals surface area (Å²) >= 11 is 1.31. The van der Waals surface area contributed by atoms with E-state index in [-0.39, 0.29) is 35.4 Å². The van der Waals surface area contributed by atoms with Crippen LogP contribution in [0.25, 0.3) is 10.1 Å². The monoisotopic (exact) mass is 234 g/mol. The van der Waals surface area contributed by atoms with Gasteiger partial charge in [0.1, 0.15) is 0 Å². The second-order valence-corrected chi connectivity index (χ2v) is 3.39. The van der Waals surface area contributed by atoms with Crippen molar-refractivity contribution in [1.29, 1.82) is 0 Å². The molecule has 0 saturated heterocycles. The first-order chi connectivity index (χ1) is 6.61. The zero-order valence-corrected chi connectivity index (χ0v) is 11.3. The number of carboxylic acids is 1. The van der Waals surface area contributed by atoms with Crippen LogP contribution in [0.3, 0.4) is 0 Å². The van der Waals surface area contributed by atoms with E-state index in [0.29, 0.717) is 4.70 Å². The van der Waals surface area contributed by atoms with Crippen molar-refractivity contribution in [2.24, 2.45) is 0 Å². The third kappa shape index (κ3) is 4.75. The maximum absolute atomic E-state index is 12.8. The molecule has 15 heavy (non-hydrogen) atoms. The average molecular weight is 234 g/mol. The summed E-state index contributed by atoms with van der Waals surface area (Å²) in [5.74, 6) is -0.983. The van der Waals surface area contributed by atoms with Gasteiger partial charge in [0.2, 0.25) is 0 Å². The minimum Gasteiger partial charge on any atom is -0.481 e. The van der Waals surface area contributed by atoms with Crippen molar-refractivity contribution >= 4 is 27.4 Å². The number of thiophene rings is 1. The van der Waals surface area contributed by atoms with Gasteiger partial charge in [0, 0.05) is 6.92 Å². The van der Waals surface area contributed by atoms with Crippen LogP contribution in [-0.2, 0) is 4.79 Å². The van der Waals surface area contributed by atoms with Crippen LogP contribution in [-0.4, -0.2) is 11.1 Å². The van der Waals surface area contributed by atoms with Crippen molar-refractivity contribution in [2.45, 2.75) is 6.92 Å². The molecule has 0 bridgehead atoms. The molecule has 2 aromatic rings. The Morgan fingerprint density at radius 3 is 2.67 bits per heavy atom. The first kappa shape index (κ1) is 14.6. The van der Waals surface area contributed by atoms with Crippen molar-refractivity contribution in [1.82, 2.24) is 0 Å². The van der Waals surface area contributed by atoms with E-state index in [4.69, 9.17) is 9.90 Å². The fourth-order valence-electron chi connectivity index (χ4n) is 0.899. The normalized spacial score (nSPS) is 8.67. The maximum Gasteiger partial charge on any atom is 1.00 e. The molecular weight excluding hydrogens is 226 g/mol. The van der Waals surface area contributed by atoms with Gasteiger partial charge < -0.3 is 5.11 Å². The number of fused-ring (bicyclic) bond motifs is 1. The molecule has 0 amide bonds. The van der Waals surface area contributed by atoms with Crippen LogP contribution in [0.2, 0.25) is 0 Å². The molecule has 2 nitrogen and oxygen atoms in total. The number of benzene rings is 1. The van der Waals surface area contributed by atoms with E-state index >= 15 is 0 Å². The van der Waals surface area contributed by atoms with Crippen molar-refractivity contribution in [3.05, 3.63) is 35.5 Å². The molecule has 0 atom stereocenters. The predicted octanol–water partition coefficient (Wildman–Crippen LogP) is -0.0645. The minimum atomic E-state index is -0.833. The SMILES string of the molecule is CC(=O)O.Fc1cccc2c[c-]sc12.[Na+]. The number of hydrogen-bond acceptors (Lipinski definition) is 2. The number of rotatable bonds is 0. The van der Waals surface area contributed by atoms with E-state index in [1.54, 1.807) is 12.1 Å². The van der Waals surface area contributed by atoms with E-state index < -0.39 is 5.97 Å². The Balaban J connectivity index is 0.000000346. The molecule has 1 heterocycles. The number of halogens is 1. The maximum atomic E-state index is 12.8. The van der Waals surface area contributed by atoms with Crippen LogP contribution in [0.5, 0.6) is 0 Å². The Hall–Kier alpha value is -0.420. The molecule has 2 rings (SSSR count). The van der Waals surface area contributed by atoms with Crippen molar-refractivity contribution in [2.75, 3.05) is 0 Å². The molecule has 0 radical (unpaired) electrons. The number of carbonyl (C=O) groups is 1. The fourth-order valence-corrected chi connectivity index (χ4v) is 1.61. The number of carboxylic acid groups (broad SMARTS) is 1. The molecule has 5 heteroatoms. The molecule has 74 valence electrons. The number of hydrogen-bond donors (Lipinski definition) is 1. The zero-order valence-electron chi connectivity index (χ0n) is 8.45. The molecule has 0 fully saturated rings. The molecule has 0 aliphatic heterocycles. The first-order valence-corrected chi connectivity index (χ1v) is 4.66. The third-order valence-electron chi connectivity index (χ3n) is 1.37. The molecule has 1 aromatic carbocycles. The zero-order chi connectivity index (χ0) is 10.6. The summed E-state index contributed by atoms with van der Waals surface area (Å²) in [5.41, 5.74) is 0. The van der Waals surface area contributed by atoms with E-state index in [1.165, 1.54) is 17.4 Å². The van der Waals surface area contributed by atoms with Crippen LogP contribution < -0.4 is 29.6 Å². The average Bonchev–Trinajstić information content (AvgIpc) is 2.52. The van der Waals surface area contributed by atoms with Gasteiger partial charge in [-0.25, -0.2) is 4.39 Å². The van der Waals surface area contributed by atoms with Crippen molar-refractivity contribution < 1.29 is 43.8 Å². The van der Waals surface area contributed by atoms with Crippen molar-refractivity contribution in [3.63, 3.8) is 0 Å². The van der Waals surface area contributed by atoms with E-state index in [1.807, 2.05) is 6.07 Å². The molecule has 1 aromatic heterocycles. The summed E-state index contributed by atoms with van der Waals surface area (Å²) in [6.07, 6.45) is 0. The van der Waals surface area contributed by atoms with Crippen LogP contribution in [0.4, 0.5) is 4.39 Å². The van der Waals surface area contributed by atoms with Gasteiger partial charge in [0.05, 0.1) is 5.82 Å². The Labute approximate surface area is 113 Å². The molecular formula is C10H8FNaO2S. The first-order valence-electron chi connectivity index (χ1n) is 3.85. The summed E-state index contributed by atoms with van der Waals surface area (Å²) in [4.78, 5) is 9.00. The molecule has 0 aliphatic carbocycles. The van der Waals surface area contributed by atoms with Crippen LogP contribution in [0.15, 0.2) is 24.3 Å². The van der Waals surface area contributed by atoms with E-state index in [0.717, 1.165) is 12.3 Å². The van der Waals surface area contributed by atoms with Gasteiger partial charge in [-0.1, -0.05) is 10.8 Å². The van der Waals surface area contributed by atoms with Gasteiger partial charge in [0.25, 0.3) is 5.97 Å². The van der Waals surface area contributed by atoms with Crippen LogP contribution in [0.1, 0.15) is 6.92 Å². The summed E-state index contributed by atoms with van der Waals surface area (Å²) in [7, 11) is 0. The third-order valence-corrected chi connectivity index (χ3v) is 2.24. The van der Waals surface area contributed by atoms with Gasteiger partial charge in [-0.2, -0.15) is 11.5 Å². The Morgan fingerprint density at radius 2 is 2.13 bits per heavy atom. The second-order valence-electron chi connectivity index (χ2n) is 2.54. The topological polar surface area (TPSA) is 37.3 Å². The summed E-state index contributed by atoms with van der Waals surface area (Å²) in [6, 6.07) is 6.85. The summed E-state index contributed by atoms with van der Waals surface area (Å²) < 4.78 is 13.5. The second kappa shape index (κ2) is 6.95. The molecule has 0 spiro atoms. The Bertz CT molecular complexity index is 438. The quantitative estimate of drug-likeness (QED) is 0.512. The molecule has 0 unspecified atom stereocenters. The fraction of sp³-hybridized carbons (Fsp3) is 0.100. The van der Waals surface area contributed by atoms with Crippen LogP contribution >= 0.6 is 11.3 Å². The van der Waals surface area contributed by atoms with Gasteiger partial charge >= 0.3 is 29.6 Å². The Kier molecular flexibility index (Phi) is 6.76. The van der Waals surface area contributed by atoms with Gasteiger partial charge in [0.15, 0.2) is 0 Å². The van der Waals surface area contributed by atoms with Crippen molar-refractivity contribution in [3.8, 4) is 0 Å². The Morgan fingerprint density at radius 1 is 1.53 bits per heavy atom. The molecule has 0 saturated carbocycles. The van der Waals surface area contributed by atoms with Gasteiger partial charge in [-0.05, 0) is 6.07 Å². The van der Waals surface area contributed by atoms with Crippen LogP contribution in [0, 0.1) is 11.2 Å². The van der Waals surface area contributed by atoms with Gasteiger partial charge in [-0.3, -0.25) is 16.1 Å². The van der Waals surface area contributed by atoms with E-state index in [2.05, 4.69) is 5.38 Å². The standard InChI is InChI=1S/C8H4FS.C2H4O2.Na/c9-7-3-1-2-6-4-5-10-8(6)7;1-2(3)4;/h1-4H;1H3,(H,3,4);/q-1;;+1. The number of aliphatic carboxylic acids is 1. The predicted molar refractivity (Wildman–Crippen MR) is 53.9 cm³/mol. The summed E-state index contributed by atoms with van der Waals surface area (Å²) in [6.45, 7) is 1.08. The summed E-state index contributed by atoms with van der Waals surface area (Å²) in [5, 5.41) is 11.2.